The minimum atomic E-state index is 0.977. The monoisotopic (exact) mass is 129 g/mol. The van der Waals surface area contributed by atoms with Gasteiger partial charge in [0.2, 0.25) is 0 Å². The molecule has 0 heterocycles. The van der Waals surface area contributed by atoms with Crippen molar-refractivity contribution in [1.29, 1.82) is 0 Å². The van der Waals surface area contributed by atoms with Crippen molar-refractivity contribution < 1.29 is 0 Å². The van der Waals surface area contributed by atoms with Gasteiger partial charge in [0.25, 0.3) is 0 Å². The molecule has 3 N–H and O–H groups in total. The molecule has 0 radical (unpaired) electrons. The highest BCUT2D eigenvalue weighted by atomic mass is 15.6. The summed E-state index contributed by atoms with van der Waals surface area (Å²) in [7, 11) is 0. The van der Waals surface area contributed by atoms with E-state index in [-0.39, 0.29) is 0 Å². The Labute approximate surface area is 56.5 Å². The zero-order chi connectivity index (χ0) is 6.95. The maximum Gasteiger partial charge on any atom is 0.0114 e. The maximum atomic E-state index is 2.96. The van der Waals surface area contributed by atoms with Crippen LogP contribution in [-0.2, 0) is 0 Å². The molecule has 0 saturated heterocycles. The zero-order valence-electron chi connectivity index (χ0n) is 6.07. The average Bonchev–Trinajstić information content (AvgIpc) is 1.89. The van der Waals surface area contributed by atoms with Gasteiger partial charge >= 0.3 is 0 Å². The molecule has 9 heavy (non-hydrogen) atoms. The Bertz CT molecular complexity index is 70.7. The van der Waals surface area contributed by atoms with Crippen LogP contribution in [0.1, 0.15) is 20.3 Å². The summed E-state index contributed by atoms with van der Waals surface area (Å²) in [5, 5.41) is 0. The van der Waals surface area contributed by atoms with E-state index in [1.54, 1.807) is 0 Å². The van der Waals surface area contributed by atoms with Gasteiger partial charge in [0, 0.05) is 12.7 Å². The number of rotatable bonds is 5. The number of allylic oxidation sites excluding steroid dienone is 1. The van der Waals surface area contributed by atoms with E-state index >= 15 is 0 Å². The molecule has 0 rings (SSSR count). The van der Waals surface area contributed by atoms with Gasteiger partial charge in [0.05, 0.1) is 0 Å². The van der Waals surface area contributed by atoms with E-state index in [4.69, 9.17) is 0 Å². The Morgan fingerprint density at radius 3 is 2.78 bits per heavy atom. The van der Waals surface area contributed by atoms with Crippen LogP contribution in [-0.4, -0.2) is 6.54 Å². The van der Waals surface area contributed by atoms with E-state index < -0.39 is 0 Å². The minimum absolute atomic E-state index is 0.977. The standard InChI is InChI=1S/C6H15N3/c1-3-5-7-9-8-6-4-2/h3,5,7-9H,4,6H2,1-2H3/b5-3-. The number of hydrazine groups is 2. The molecule has 0 aliphatic carbocycles. The predicted octanol–water partition coefficient (Wildman–Crippen LogP) is 0.529. The van der Waals surface area contributed by atoms with Crippen molar-refractivity contribution in [2.24, 2.45) is 0 Å². The normalized spacial score (nSPS) is 10.4. The summed E-state index contributed by atoms with van der Waals surface area (Å²) in [6.45, 7) is 5.05. The van der Waals surface area contributed by atoms with Gasteiger partial charge in [-0.1, -0.05) is 13.0 Å². The molecule has 0 unspecified atom stereocenters. The molecular formula is C6H15N3. The highest BCUT2D eigenvalue weighted by Gasteiger charge is 1.74. The molecule has 0 aliphatic rings. The van der Waals surface area contributed by atoms with Crippen LogP contribution in [0.25, 0.3) is 0 Å². The molecule has 0 aromatic rings. The smallest absolute Gasteiger partial charge is 0.0114 e. The van der Waals surface area contributed by atoms with Crippen molar-refractivity contribution in [1.82, 2.24) is 16.4 Å². The van der Waals surface area contributed by atoms with Gasteiger partial charge in [-0.15, -0.1) is 0 Å². The van der Waals surface area contributed by atoms with E-state index in [2.05, 4.69) is 23.3 Å². The second-order valence-electron chi connectivity index (χ2n) is 1.70. The largest absolute Gasteiger partial charge is 0.316 e. The summed E-state index contributed by atoms with van der Waals surface area (Å²) in [4.78, 5) is 0. The fourth-order valence-electron chi connectivity index (χ4n) is 0.364. The average molecular weight is 129 g/mol. The Kier molecular flexibility index (Phi) is 7.01. The SMILES string of the molecule is C/C=C\NNNCCC. The summed E-state index contributed by atoms with van der Waals surface area (Å²) in [5.74, 6) is 0. The minimum Gasteiger partial charge on any atom is -0.316 e. The zero-order valence-corrected chi connectivity index (χ0v) is 6.07. The fourth-order valence-corrected chi connectivity index (χ4v) is 0.364. The highest BCUT2D eigenvalue weighted by Crippen LogP contribution is 1.63. The lowest BCUT2D eigenvalue weighted by Crippen LogP contribution is -2.40. The van der Waals surface area contributed by atoms with Crippen molar-refractivity contribution in [2.75, 3.05) is 6.54 Å². The van der Waals surface area contributed by atoms with Gasteiger partial charge in [-0.3, -0.25) is 0 Å². The topological polar surface area (TPSA) is 36.1 Å². The number of nitrogens with one attached hydrogen (secondary N) is 3. The first-order valence-electron chi connectivity index (χ1n) is 3.26. The van der Waals surface area contributed by atoms with Gasteiger partial charge in [0.15, 0.2) is 0 Å². The third kappa shape index (κ3) is 7.46. The van der Waals surface area contributed by atoms with Crippen LogP contribution in [0, 0.1) is 0 Å². The van der Waals surface area contributed by atoms with Gasteiger partial charge < -0.3 is 5.43 Å². The van der Waals surface area contributed by atoms with E-state index in [9.17, 15) is 0 Å². The molecule has 0 spiro atoms. The molecular weight excluding hydrogens is 114 g/mol. The molecule has 54 valence electrons. The van der Waals surface area contributed by atoms with Gasteiger partial charge in [0.1, 0.15) is 0 Å². The summed E-state index contributed by atoms with van der Waals surface area (Å²) in [6.07, 6.45) is 4.87. The molecule has 0 aromatic carbocycles. The summed E-state index contributed by atoms with van der Waals surface area (Å²) >= 11 is 0. The van der Waals surface area contributed by atoms with Gasteiger partial charge in [-0.05, 0) is 13.3 Å². The Morgan fingerprint density at radius 2 is 2.22 bits per heavy atom. The maximum absolute atomic E-state index is 2.96. The molecule has 3 nitrogen and oxygen atoms in total. The van der Waals surface area contributed by atoms with Crippen molar-refractivity contribution in [3.05, 3.63) is 12.3 Å². The van der Waals surface area contributed by atoms with Crippen LogP contribution < -0.4 is 16.4 Å². The Hall–Kier alpha value is -0.540. The quantitative estimate of drug-likeness (QED) is 0.374. The number of hydrogen-bond donors (Lipinski definition) is 3. The molecule has 0 saturated carbocycles. The summed E-state index contributed by atoms with van der Waals surface area (Å²) < 4.78 is 0. The van der Waals surface area contributed by atoms with Crippen LogP contribution in [0.2, 0.25) is 0 Å². The second-order valence-corrected chi connectivity index (χ2v) is 1.70. The summed E-state index contributed by atoms with van der Waals surface area (Å²) in [6, 6.07) is 0. The first kappa shape index (κ1) is 8.46. The first-order chi connectivity index (χ1) is 4.41. The van der Waals surface area contributed by atoms with E-state index in [1.165, 1.54) is 0 Å². The van der Waals surface area contributed by atoms with E-state index in [0.29, 0.717) is 0 Å². The van der Waals surface area contributed by atoms with Gasteiger partial charge in [-0.25, -0.2) is 5.43 Å². The van der Waals surface area contributed by atoms with Crippen molar-refractivity contribution in [3.8, 4) is 0 Å². The lowest BCUT2D eigenvalue weighted by Gasteiger charge is -2.02. The second kappa shape index (κ2) is 7.46. The van der Waals surface area contributed by atoms with Gasteiger partial charge in [-0.2, -0.15) is 5.53 Å². The molecule has 0 atom stereocenters. The molecule has 0 aromatic heterocycles. The third-order valence-electron chi connectivity index (χ3n) is 0.786. The molecule has 3 heteroatoms. The van der Waals surface area contributed by atoms with Crippen LogP contribution in [0.5, 0.6) is 0 Å². The Balaban J connectivity index is 2.75. The van der Waals surface area contributed by atoms with Crippen molar-refractivity contribution >= 4 is 0 Å². The van der Waals surface area contributed by atoms with Crippen LogP contribution in [0.3, 0.4) is 0 Å². The Morgan fingerprint density at radius 1 is 1.44 bits per heavy atom. The lowest BCUT2D eigenvalue weighted by molar-refractivity contribution is 0.486. The van der Waals surface area contributed by atoms with E-state index in [1.807, 2.05) is 19.2 Å². The number of hydrogen-bond acceptors (Lipinski definition) is 3. The first-order valence-corrected chi connectivity index (χ1v) is 3.26. The van der Waals surface area contributed by atoms with Crippen LogP contribution in [0.15, 0.2) is 12.3 Å². The predicted molar refractivity (Wildman–Crippen MR) is 39.4 cm³/mol. The molecule has 0 aliphatic heterocycles. The van der Waals surface area contributed by atoms with E-state index in [0.717, 1.165) is 13.0 Å². The molecule has 0 amide bonds. The molecule has 0 fully saturated rings. The van der Waals surface area contributed by atoms with Crippen LogP contribution >= 0.6 is 0 Å². The highest BCUT2D eigenvalue weighted by molar-refractivity contribution is 4.70. The third-order valence-corrected chi connectivity index (χ3v) is 0.786. The lowest BCUT2D eigenvalue weighted by atomic mass is 10.5. The van der Waals surface area contributed by atoms with Crippen molar-refractivity contribution in [3.63, 3.8) is 0 Å². The van der Waals surface area contributed by atoms with Crippen molar-refractivity contribution in [2.45, 2.75) is 20.3 Å². The molecule has 0 bridgehead atoms. The fraction of sp³-hybridized carbons (Fsp3) is 0.667. The summed E-state index contributed by atoms with van der Waals surface area (Å²) in [5.41, 5.74) is 8.59. The van der Waals surface area contributed by atoms with Crippen LogP contribution in [0.4, 0.5) is 0 Å².